The van der Waals surface area contributed by atoms with Crippen LogP contribution >= 0.6 is 0 Å². The average molecular weight is 510 g/mol. The number of carbonyl (C=O) groups is 3. The maximum Gasteiger partial charge on any atom is 0.294 e. The summed E-state index contributed by atoms with van der Waals surface area (Å²) in [6.45, 7) is 0.955. The number of piperidine rings is 1. The van der Waals surface area contributed by atoms with E-state index in [9.17, 15) is 27.4 Å². The molecule has 0 radical (unpaired) electrons. The van der Waals surface area contributed by atoms with Crippen LogP contribution in [-0.2, 0) is 21.3 Å². The zero-order valence-electron chi connectivity index (χ0n) is 19.1. The van der Waals surface area contributed by atoms with Gasteiger partial charge in [0.15, 0.2) is 5.69 Å². The lowest BCUT2D eigenvalue weighted by Gasteiger charge is -2.29. The van der Waals surface area contributed by atoms with Crippen molar-refractivity contribution in [3.63, 3.8) is 0 Å². The van der Waals surface area contributed by atoms with Crippen molar-refractivity contribution in [1.82, 2.24) is 9.78 Å². The maximum absolute atomic E-state index is 13.6. The van der Waals surface area contributed by atoms with Crippen LogP contribution in [0.15, 0.2) is 53.4 Å². The topological polar surface area (TPSA) is 156 Å². The van der Waals surface area contributed by atoms with E-state index in [4.69, 9.17) is 5.73 Å². The molecule has 0 atom stereocenters. The largest absolute Gasteiger partial charge is 0.364 e. The van der Waals surface area contributed by atoms with Crippen LogP contribution in [-0.4, -0.2) is 53.6 Å². The Kier molecular flexibility index (Phi) is 5.85. The molecular weight excluding hydrogens is 486 g/mol. The molecule has 11 nitrogen and oxygen atoms in total. The number of rotatable bonds is 5. The molecular formula is C24H23N5O6S. The van der Waals surface area contributed by atoms with Crippen LogP contribution in [0.2, 0.25) is 0 Å². The lowest BCUT2D eigenvalue weighted by molar-refractivity contribution is -0.119. The highest BCUT2D eigenvalue weighted by Crippen LogP contribution is 2.31. The standard InChI is InChI=1S/C24H23N5O6S/c25-23(31)21-19-12-14-28(16-6-4-15(5-7-16)27-13-2-1-3-20(27)30)24(32)22(19)29(26-21)17-8-10-18(11-9-17)36(33,34)35/h4-11H,1-3,12-14H2,(H2,25,31)(H,33,34,35). The Labute approximate surface area is 206 Å². The van der Waals surface area contributed by atoms with Crippen molar-refractivity contribution < 1.29 is 27.4 Å². The highest BCUT2D eigenvalue weighted by Gasteiger charge is 2.34. The number of hydrogen-bond acceptors (Lipinski definition) is 6. The minimum atomic E-state index is -4.40. The number of nitrogens with two attached hydrogens (primary N) is 1. The summed E-state index contributed by atoms with van der Waals surface area (Å²) < 4.78 is 33.3. The number of amides is 3. The van der Waals surface area contributed by atoms with Gasteiger partial charge in [-0.25, -0.2) is 4.68 Å². The Morgan fingerprint density at radius 2 is 1.47 bits per heavy atom. The predicted octanol–water partition coefficient (Wildman–Crippen LogP) is 1.94. The van der Waals surface area contributed by atoms with E-state index in [0.29, 0.717) is 42.9 Å². The average Bonchev–Trinajstić information content (AvgIpc) is 3.25. The lowest BCUT2D eigenvalue weighted by atomic mass is 10.0. The molecule has 3 heterocycles. The van der Waals surface area contributed by atoms with Crippen LogP contribution in [0.4, 0.5) is 11.4 Å². The van der Waals surface area contributed by atoms with E-state index in [-0.39, 0.29) is 22.2 Å². The van der Waals surface area contributed by atoms with Crippen LogP contribution in [0.25, 0.3) is 5.69 Å². The van der Waals surface area contributed by atoms with Gasteiger partial charge in [-0.15, -0.1) is 0 Å². The van der Waals surface area contributed by atoms with Crippen molar-refractivity contribution in [1.29, 1.82) is 0 Å². The molecule has 36 heavy (non-hydrogen) atoms. The van der Waals surface area contributed by atoms with Gasteiger partial charge >= 0.3 is 0 Å². The van der Waals surface area contributed by atoms with E-state index in [1.807, 2.05) is 12.1 Å². The number of hydrogen-bond donors (Lipinski definition) is 2. The van der Waals surface area contributed by atoms with Gasteiger partial charge < -0.3 is 15.5 Å². The summed E-state index contributed by atoms with van der Waals surface area (Å²) in [4.78, 5) is 40.9. The Balaban J connectivity index is 1.50. The second-order valence-corrected chi connectivity index (χ2v) is 10.1. The monoisotopic (exact) mass is 509 g/mol. The third-order valence-corrected chi connectivity index (χ3v) is 7.29. The number of primary amides is 1. The smallest absolute Gasteiger partial charge is 0.294 e. The second-order valence-electron chi connectivity index (χ2n) is 8.65. The highest BCUT2D eigenvalue weighted by atomic mass is 32.2. The molecule has 0 saturated carbocycles. The molecule has 3 N–H and O–H groups in total. The van der Waals surface area contributed by atoms with Gasteiger partial charge in [-0.2, -0.15) is 13.5 Å². The quantitative estimate of drug-likeness (QED) is 0.498. The molecule has 5 rings (SSSR count). The highest BCUT2D eigenvalue weighted by molar-refractivity contribution is 7.85. The zero-order chi connectivity index (χ0) is 25.6. The first-order valence-electron chi connectivity index (χ1n) is 11.4. The van der Waals surface area contributed by atoms with Crippen molar-refractivity contribution in [3.05, 3.63) is 65.5 Å². The van der Waals surface area contributed by atoms with Gasteiger partial charge in [0.05, 0.1) is 10.6 Å². The molecule has 12 heteroatoms. The Morgan fingerprint density at radius 1 is 0.861 bits per heavy atom. The molecule has 1 saturated heterocycles. The second kappa shape index (κ2) is 8.88. The summed E-state index contributed by atoms with van der Waals surface area (Å²) in [5.74, 6) is -1.11. The molecule has 0 aliphatic carbocycles. The minimum absolute atomic E-state index is 0.0317. The van der Waals surface area contributed by atoms with Gasteiger partial charge in [-0.3, -0.25) is 18.9 Å². The summed E-state index contributed by atoms with van der Waals surface area (Å²) in [6, 6.07) is 12.3. The predicted molar refractivity (Wildman–Crippen MR) is 130 cm³/mol. The van der Waals surface area contributed by atoms with Crippen LogP contribution in [0.1, 0.15) is 45.8 Å². The molecule has 186 valence electrons. The van der Waals surface area contributed by atoms with Crippen LogP contribution < -0.4 is 15.5 Å². The van der Waals surface area contributed by atoms with Crippen molar-refractivity contribution in [2.45, 2.75) is 30.6 Å². The van der Waals surface area contributed by atoms with Crippen LogP contribution in [0, 0.1) is 0 Å². The van der Waals surface area contributed by atoms with Crippen molar-refractivity contribution in [2.24, 2.45) is 5.73 Å². The zero-order valence-corrected chi connectivity index (χ0v) is 19.9. The Bertz CT molecular complexity index is 1480. The summed E-state index contributed by atoms with van der Waals surface area (Å²) in [6.07, 6.45) is 2.68. The Hall–Kier alpha value is -4.03. The fourth-order valence-corrected chi connectivity index (χ4v) is 5.12. The van der Waals surface area contributed by atoms with E-state index >= 15 is 0 Å². The first-order chi connectivity index (χ1) is 17.1. The fourth-order valence-electron chi connectivity index (χ4n) is 4.64. The Morgan fingerprint density at radius 3 is 2.06 bits per heavy atom. The van der Waals surface area contributed by atoms with Gasteiger partial charge in [0.2, 0.25) is 5.91 Å². The molecule has 2 aliphatic heterocycles. The third-order valence-electron chi connectivity index (χ3n) is 6.43. The minimum Gasteiger partial charge on any atom is -0.364 e. The molecule has 0 spiro atoms. The van der Waals surface area contributed by atoms with E-state index in [2.05, 4.69) is 5.10 Å². The van der Waals surface area contributed by atoms with Crippen LogP contribution in [0.3, 0.4) is 0 Å². The normalized spacial score (nSPS) is 16.2. The number of aromatic nitrogens is 2. The number of anilines is 2. The van der Waals surface area contributed by atoms with E-state index in [0.717, 1.165) is 18.5 Å². The van der Waals surface area contributed by atoms with Crippen molar-refractivity contribution in [3.8, 4) is 5.69 Å². The molecule has 2 aliphatic rings. The molecule has 1 aromatic heterocycles. The maximum atomic E-state index is 13.6. The molecule has 2 aromatic carbocycles. The number of fused-ring (bicyclic) bond motifs is 1. The SMILES string of the molecule is NC(=O)c1nn(-c2ccc(S(=O)(=O)O)cc2)c2c1CCN(c1ccc(N3CCCCC3=O)cc1)C2=O. The molecule has 1 fully saturated rings. The number of nitrogens with zero attached hydrogens (tertiary/aromatic N) is 4. The first-order valence-corrected chi connectivity index (χ1v) is 12.8. The van der Waals surface area contributed by atoms with Crippen molar-refractivity contribution >= 4 is 39.2 Å². The molecule has 0 unspecified atom stereocenters. The molecule has 0 bridgehead atoms. The van der Waals surface area contributed by atoms with Crippen LogP contribution in [0.5, 0.6) is 0 Å². The van der Waals surface area contributed by atoms with Gasteiger partial charge in [0.25, 0.3) is 21.9 Å². The summed E-state index contributed by atoms with van der Waals surface area (Å²) in [7, 11) is -4.40. The number of benzene rings is 2. The van der Waals surface area contributed by atoms with E-state index in [1.54, 1.807) is 21.9 Å². The molecule has 3 amide bonds. The van der Waals surface area contributed by atoms with E-state index in [1.165, 1.54) is 28.9 Å². The first kappa shape index (κ1) is 23.7. The summed E-state index contributed by atoms with van der Waals surface area (Å²) in [5, 5.41) is 4.25. The third kappa shape index (κ3) is 4.14. The fraction of sp³-hybridized carbons (Fsp3) is 0.250. The summed E-state index contributed by atoms with van der Waals surface area (Å²) in [5.41, 5.74) is 7.75. The lowest BCUT2D eigenvalue weighted by Crippen LogP contribution is -2.39. The summed E-state index contributed by atoms with van der Waals surface area (Å²) >= 11 is 0. The van der Waals surface area contributed by atoms with Gasteiger partial charge in [0, 0.05) is 36.4 Å². The molecule has 3 aromatic rings. The van der Waals surface area contributed by atoms with Gasteiger partial charge in [-0.1, -0.05) is 0 Å². The van der Waals surface area contributed by atoms with E-state index < -0.39 is 21.9 Å². The van der Waals surface area contributed by atoms with Gasteiger partial charge in [-0.05, 0) is 67.8 Å². The number of carbonyl (C=O) groups excluding carboxylic acids is 3. The van der Waals surface area contributed by atoms with Crippen molar-refractivity contribution in [2.75, 3.05) is 22.9 Å². The van der Waals surface area contributed by atoms with Gasteiger partial charge in [0.1, 0.15) is 5.69 Å².